The van der Waals surface area contributed by atoms with Crippen LogP contribution in [0, 0.1) is 0 Å². The molecule has 5 rings (SSSR count). The zero-order valence-electron chi connectivity index (χ0n) is 17.3. The van der Waals surface area contributed by atoms with Gasteiger partial charge >= 0.3 is 0 Å². The number of ether oxygens (including phenoxy) is 1. The minimum atomic E-state index is -3.29. The molecule has 3 aliphatic heterocycles. The first-order valence-corrected chi connectivity index (χ1v) is 12.5. The second-order valence-electron chi connectivity index (χ2n) is 8.48. The molecule has 2 aromatic rings. The number of aromatic nitrogens is 3. The quantitative estimate of drug-likeness (QED) is 0.771. The third-order valence-electron chi connectivity index (χ3n) is 6.80. The maximum atomic E-state index is 13.3. The van der Waals surface area contributed by atoms with Gasteiger partial charge in [-0.2, -0.15) is 4.31 Å². The second kappa shape index (κ2) is 7.74. The number of rotatable bonds is 4. The number of H-pyrrole nitrogens is 1. The van der Waals surface area contributed by atoms with E-state index in [1.54, 1.807) is 11.2 Å². The highest BCUT2D eigenvalue weighted by Gasteiger charge is 2.36. The summed E-state index contributed by atoms with van der Waals surface area (Å²) < 4.78 is 33.5. The molecule has 1 atom stereocenters. The fourth-order valence-corrected chi connectivity index (χ4v) is 6.45. The van der Waals surface area contributed by atoms with Crippen LogP contribution in [0.4, 0.5) is 0 Å². The van der Waals surface area contributed by atoms with Crippen LogP contribution in [-0.4, -0.2) is 70.3 Å². The molecular weight excluding hydrogens is 406 g/mol. The van der Waals surface area contributed by atoms with E-state index in [0.29, 0.717) is 24.8 Å². The molecule has 30 heavy (non-hydrogen) atoms. The summed E-state index contributed by atoms with van der Waals surface area (Å²) in [6.07, 6.45) is 4.33. The van der Waals surface area contributed by atoms with Gasteiger partial charge in [0, 0.05) is 51.4 Å². The minimum absolute atomic E-state index is 0.0686. The highest BCUT2D eigenvalue weighted by atomic mass is 32.2. The van der Waals surface area contributed by atoms with Crippen LogP contribution in [0.3, 0.4) is 0 Å². The first-order chi connectivity index (χ1) is 14.5. The molecule has 0 aliphatic carbocycles. The molecule has 0 spiro atoms. The van der Waals surface area contributed by atoms with Crippen molar-refractivity contribution in [2.24, 2.45) is 0 Å². The Bertz CT molecular complexity index is 1100. The zero-order chi connectivity index (χ0) is 20.9. The van der Waals surface area contributed by atoms with Crippen molar-refractivity contribution in [2.75, 3.05) is 32.1 Å². The standard InChI is InChI=1S/C20H29N5O4S/c1-2-30(27,28)24-8-3-4-18(24)17-12-19-21-16-5-9-23(14-6-10-29-11-7-14)13-15(16)20(26)25(19)22-17/h12,14,18,22H,2-11,13H2,1H3/t18-/m0/s1. The minimum Gasteiger partial charge on any atom is -0.381 e. The molecule has 3 aliphatic rings. The Morgan fingerprint density at radius 1 is 1.23 bits per heavy atom. The third kappa shape index (κ3) is 3.39. The van der Waals surface area contributed by atoms with Crippen molar-refractivity contribution >= 4 is 15.7 Å². The van der Waals surface area contributed by atoms with Crippen molar-refractivity contribution in [1.29, 1.82) is 0 Å². The van der Waals surface area contributed by atoms with Gasteiger partial charge in [-0.05, 0) is 32.6 Å². The lowest BCUT2D eigenvalue weighted by Crippen LogP contribution is -2.44. The van der Waals surface area contributed by atoms with Gasteiger partial charge in [0.15, 0.2) is 5.65 Å². The van der Waals surface area contributed by atoms with Crippen molar-refractivity contribution < 1.29 is 13.2 Å². The molecule has 0 amide bonds. The number of aromatic amines is 1. The predicted octanol–water partition coefficient (Wildman–Crippen LogP) is 1.05. The van der Waals surface area contributed by atoms with Crippen molar-refractivity contribution in [3.05, 3.63) is 33.4 Å². The van der Waals surface area contributed by atoms with Crippen LogP contribution < -0.4 is 5.56 Å². The largest absolute Gasteiger partial charge is 0.381 e. The molecule has 0 aromatic carbocycles. The van der Waals surface area contributed by atoms with Crippen LogP contribution in [0.2, 0.25) is 0 Å². The smallest absolute Gasteiger partial charge is 0.277 e. The Kier molecular flexibility index (Phi) is 5.20. The van der Waals surface area contributed by atoms with Crippen molar-refractivity contribution in [1.82, 2.24) is 23.8 Å². The van der Waals surface area contributed by atoms with Crippen LogP contribution in [0.25, 0.3) is 5.65 Å². The SMILES string of the molecule is CCS(=O)(=O)N1CCC[C@H]1c1cc2nc3c(c(=O)n2[nH]1)CN(C1CCOCC1)CC3. The summed E-state index contributed by atoms with van der Waals surface area (Å²) in [5.74, 6) is 0.0816. The molecule has 164 valence electrons. The van der Waals surface area contributed by atoms with Gasteiger partial charge in [-0.3, -0.25) is 14.8 Å². The lowest BCUT2D eigenvalue weighted by Gasteiger charge is -2.36. The van der Waals surface area contributed by atoms with Crippen LogP contribution in [0.5, 0.6) is 0 Å². The molecular formula is C20H29N5O4S. The maximum Gasteiger partial charge on any atom is 0.277 e. The van der Waals surface area contributed by atoms with E-state index in [-0.39, 0.29) is 17.4 Å². The van der Waals surface area contributed by atoms with Crippen LogP contribution in [-0.2, 0) is 27.7 Å². The highest BCUT2D eigenvalue weighted by Crippen LogP contribution is 2.34. The van der Waals surface area contributed by atoms with Crippen LogP contribution in [0.15, 0.2) is 10.9 Å². The van der Waals surface area contributed by atoms with Gasteiger partial charge < -0.3 is 4.74 Å². The number of nitrogens with zero attached hydrogens (tertiary/aromatic N) is 4. The summed E-state index contributed by atoms with van der Waals surface area (Å²) in [4.78, 5) is 20.4. The van der Waals surface area contributed by atoms with E-state index in [1.807, 2.05) is 6.07 Å². The molecule has 1 N–H and O–H groups in total. The number of nitrogens with one attached hydrogen (secondary N) is 1. The molecule has 0 unspecified atom stereocenters. The van der Waals surface area contributed by atoms with Gasteiger partial charge in [0.25, 0.3) is 5.56 Å². The van der Waals surface area contributed by atoms with E-state index in [0.717, 1.165) is 68.8 Å². The molecule has 0 radical (unpaired) electrons. The second-order valence-corrected chi connectivity index (χ2v) is 10.7. The van der Waals surface area contributed by atoms with Crippen LogP contribution in [0.1, 0.15) is 55.6 Å². The Labute approximate surface area is 176 Å². The van der Waals surface area contributed by atoms with Crippen molar-refractivity contribution in [3.63, 3.8) is 0 Å². The Balaban J connectivity index is 1.48. The molecule has 2 fully saturated rings. The summed E-state index contributed by atoms with van der Waals surface area (Å²) in [5.41, 5.74) is 2.88. The molecule has 2 aromatic heterocycles. The normalized spacial score (nSPS) is 24.5. The summed E-state index contributed by atoms with van der Waals surface area (Å²) in [6, 6.07) is 2.05. The van der Waals surface area contributed by atoms with E-state index in [1.165, 1.54) is 4.52 Å². The highest BCUT2D eigenvalue weighted by molar-refractivity contribution is 7.89. The van der Waals surface area contributed by atoms with Gasteiger partial charge in [-0.25, -0.2) is 17.9 Å². The number of fused-ring (bicyclic) bond motifs is 2. The van der Waals surface area contributed by atoms with Gasteiger partial charge in [-0.1, -0.05) is 0 Å². The molecule has 0 saturated carbocycles. The summed E-state index contributed by atoms with van der Waals surface area (Å²) in [5, 5.41) is 3.17. The van der Waals surface area contributed by atoms with E-state index in [4.69, 9.17) is 9.72 Å². The lowest BCUT2D eigenvalue weighted by atomic mass is 10.0. The summed E-state index contributed by atoms with van der Waals surface area (Å²) >= 11 is 0. The van der Waals surface area contributed by atoms with E-state index < -0.39 is 10.0 Å². The van der Waals surface area contributed by atoms with Gasteiger partial charge in [0.05, 0.1) is 28.7 Å². The maximum absolute atomic E-state index is 13.3. The predicted molar refractivity (Wildman–Crippen MR) is 112 cm³/mol. The summed E-state index contributed by atoms with van der Waals surface area (Å²) in [6.45, 7) is 5.27. The Morgan fingerprint density at radius 3 is 2.80 bits per heavy atom. The van der Waals surface area contributed by atoms with Crippen molar-refractivity contribution in [2.45, 2.75) is 57.7 Å². The van der Waals surface area contributed by atoms with Gasteiger partial charge in [-0.15, -0.1) is 0 Å². The molecule has 2 saturated heterocycles. The number of sulfonamides is 1. The van der Waals surface area contributed by atoms with E-state index in [2.05, 4.69) is 10.00 Å². The van der Waals surface area contributed by atoms with Crippen molar-refractivity contribution in [3.8, 4) is 0 Å². The summed E-state index contributed by atoms with van der Waals surface area (Å²) in [7, 11) is -3.29. The lowest BCUT2D eigenvalue weighted by molar-refractivity contribution is 0.0286. The Morgan fingerprint density at radius 2 is 2.03 bits per heavy atom. The van der Waals surface area contributed by atoms with E-state index >= 15 is 0 Å². The van der Waals surface area contributed by atoms with Crippen LogP contribution >= 0.6 is 0 Å². The monoisotopic (exact) mass is 435 g/mol. The molecule has 9 nitrogen and oxygen atoms in total. The molecule has 5 heterocycles. The Hall–Kier alpha value is -1.75. The average Bonchev–Trinajstić information content (AvgIpc) is 3.42. The fourth-order valence-electron chi connectivity index (χ4n) is 5.10. The first kappa shape index (κ1) is 20.2. The van der Waals surface area contributed by atoms with E-state index in [9.17, 15) is 13.2 Å². The third-order valence-corrected chi connectivity index (χ3v) is 8.68. The zero-order valence-corrected chi connectivity index (χ0v) is 18.2. The molecule has 0 bridgehead atoms. The van der Waals surface area contributed by atoms with Gasteiger partial charge in [0.1, 0.15) is 0 Å². The first-order valence-electron chi connectivity index (χ1n) is 10.9. The number of hydrogen-bond acceptors (Lipinski definition) is 6. The topological polar surface area (TPSA) is 100 Å². The molecule has 10 heteroatoms. The number of hydrogen-bond donors (Lipinski definition) is 1. The fraction of sp³-hybridized carbons (Fsp3) is 0.700. The average molecular weight is 436 g/mol. The van der Waals surface area contributed by atoms with Gasteiger partial charge in [0.2, 0.25) is 10.0 Å².